The van der Waals surface area contributed by atoms with Gasteiger partial charge in [0.25, 0.3) is 5.56 Å². The van der Waals surface area contributed by atoms with Gasteiger partial charge in [-0.2, -0.15) is 5.10 Å². The van der Waals surface area contributed by atoms with Crippen molar-refractivity contribution in [3.8, 4) is 0 Å². The molecule has 0 saturated carbocycles. The standard InChI is InChI=1S/C7H7N5O/c8-10-6-4-1-2-9-3-5(4)7(13)12-11-6/h1-3H,8H2,(H,10,11)(H,12,13). The number of H-pyrrole nitrogens is 1. The van der Waals surface area contributed by atoms with Crippen molar-refractivity contribution in [1.82, 2.24) is 15.2 Å². The summed E-state index contributed by atoms with van der Waals surface area (Å²) < 4.78 is 0. The molecule has 0 saturated heterocycles. The fraction of sp³-hybridized carbons (Fsp3) is 0. The summed E-state index contributed by atoms with van der Waals surface area (Å²) in [6, 6.07) is 1.67. The van der Waals surface area contributed by atoms with Crippen molar-refractivity contribution in [2.75, 3.05) is 5.43 Å². The van der Waals surface area contributed by atoms with E-state index in [0.717, 1.165) is 0 Å². The quantitative estimate of drug-likeness (QED) is 0.407. The van der Waals surface area contributed by atoms with E-state index >= 15 is 0 Å². The zero-order valence-corrected chi connectivity index (χ0v) is 6.61. The smallest absolute Gasteiger partial charge is 0.273 e. The van der Waals surface area contributed by atoms with E-state index in [9.17, 15) is 4.79 Å². The number of fused-ring (bicyclic) bond motifs is 1. The van der Waals surface area contributed by atoms with E-state index in [0.29, 0.717) is 16.6 Å². The van der Waals surface area contributed by atoms with Gasteiger partial charge in [-0.3, -0.25) is 9.78 Å². The summed E-state index contributed by atoms with van der Waals surface area (Å²) in [6.45, 7) is 0. The largest absolute Gasteiger partial charge is 0.307 e. The lowest BCUT2D eigenvalue weighted by molar-refractivity contribution is 1.00. The van der Waals surface area contributed by atoms with Gasteiger partial charge >= 0.3 is 0 Å². The minimum atomic E-state index is -0.276. The Balaban J connectivity index is 2.93. The highest BCUT2D eigenvalue weighted by Crippen LogP contribution is 2.13. The number of aromatic amines is 1. The molecular weight excluding hydrogens is 170 g/mol. The van der Waals surface area contributed by atoms with Crippen molar-refractivity contribution in [1.29, 1.82) is 0 Å². The van der Waals surface area contributed by atoms with Crippen LogP contribution in [0.3, 0.4) is 0 Å². The third-order valence-corrected chi connectivity index (χ3v) is 1.73. The Labute approximate surface area is 72.8 Å². The molecule has 0 fully saturated rings. The van der Waals surface area contributed by atoms with Crippen LogP contribution in [0.2, 0.25) is 0 Å². The van der Waals surface area contributed by atoms with Gasteiger partial charge in [-0.15, -0.1) is 0 Å². The Bertz CT molecular complexity index is 491. The minimum absolute atomic E-state index is 0.276. The van der Waals surface area contributed by atoms with Crippen LogP contribution in [0.4, 0.5) is 5.82 Å². The first-order chi connectivity index (χ1) is 6.33. The summed E-state index contributed by atoms with van der Waals surface area (Å²) in [6.07, 6.45) is 3.04. The van der Waals surface area contributed by atoms with Crippen LogP contribution >= 0.6 is 0 Å². The first-order valence-corrected chi connectivity index (χ1v) is 3.62. The molecule has 2 rings (SSSR count). The van der Waals surface area contributed by atoms with Gasteiger partial charge in [-0.05, 0) is 6.07 Å². The summed E-state index contributed by atoms with van der Waals surface area (Å²) in [7, 11) is 0. The minimum Gasteiger partial charge on any atom is -0.307 e. The summed E-state index contributed by atoms with van der Waals surface area (Å²) in [4.78, 5) is 15.1. The fourth-order valence-corrected chi connectivity index (χ4v) is 1.12. The average molecular weight is 177 g/mol. The van der Waals surface area contributed by atoms with E-state index in [4.69, 9.17) is 5.84 Å². The number of hydrazine groups is 1. The number of hydrogen-bond acceptors (Lipinski definition) is 5. The lowest BCUT2D eigenvalue weighted by Crippen LogP contribution is -2.15. The van der Waals surface area contributed by atoms with Crippen molar-refractivity contribution in [3.63, 3.8) is 0 Å². The maximum Gasteiger partial charge on any atom is 0.273 e. The zero-order chi connectivity index (χ0) is 9.26. The number of nitrogens with one attached hydrogen (secondary N) is 2. The molecule has 2 aromatic heterocycles. The number of hydrogen-bond donors (Lipinski definition) is 3. The second-order valence-electron chi connectivity index (χ2n) is 2.47. The van der Waals surface area contributed by atoms with Crippen LogP contribution in [-0.4, -0.2) is 15.2 Å². The van der Waals surface area contributed by atoms with E-state index in [1.54, 1.807) is 12.3 Å². The summed E-state index contributed by atoms with van der Waals surface area (Å²) in [5, 5.41) is 7.15. The van der Waals surface area contributed by atoms with Crippen LogP contribution in [0.1, 0.15) is 0 Å². The molecule has 6 nitrogen and oxygen atoms in total. The molecule has 0 spiro atoms. The Morgan fingerprint density at radius 1 is 1.46 bits per heavy atom. The fourth-order valence-electron chi connectivity index (χ4n) is 1.12. The zero-order valence-electron chi connectivity index (χ0n) is 6.61. The molecular formula is C7H7N5O. The number of nitrogens with zero attached hydrogens (tertiary/aromatic N) is 2. The van der Waals surface area contributed by atoms with Gasteiger partial charge in [-0.25, -0.2) is 10.9 Å². The molecule has 0 bridgehead atoms. The van der Waals surface area contributed by atoms with E-state index in [-0.39, 0.29) is 5.56 Å². The highest BCUT2D eigenvalue weighted by atomic mass is 16.1. The molecule has 0 radical (unpaired) electrons. The molecule has 0 aromatic carbocycles. The van der Waals surface area contributed by atoms with Crippen LogP contribution in [0.25, 0.3) is 10.8 Å². The lowest BCUT2D eigenvalue weighted by atomic mass is 10.2. The van der Waals surface area contributed by atoms with Gasteiger partial charge in [0, 0.05) is 17.8 Å². The molecule has 0 aliphatic heterocycles. The predicted octanol–water partition coefficient (Wildman–Crippen LogP) is -0.396. The highest BCUT2D eigenvalue weighted by Gasteiger charge is 2.03. The number of anilines is 1. The summed E-state index contributed by atoms with van der Waals surface area (Å²) >= 11 is 0. The van der Waals surface area contributed by atoms with E-state index < -0.39 is 0 Å². The van der Waals surface area contributed by atoms with Crippen LogP contribution in [0.5, 0.6) is 0 Å². The van der Waals surface area contributed by atoms with Gasteiger partial charge in [0.1, 0.15) is 0 Å². The maximum atomic E-state index is 11.2. The third kappa shape index (κ3) is 1.13. The van der Waals surface area contributed by atoms with Crippen molar-refractivity contribution in [3.05, 3.63) is 28.8 Å². The first kappa shape index (κ1) is 7.69. The summed E-state index contributed by atoms with van der Waals surface area (Å²) in [5.41, 5.74) is 2.11. The Kier molecular flexibility index (Phi) is 1.67. The molecule has 0 amide bonds. The Morgan fingerprint density at radius 3 is 3.08 bits per heavy atom. The van der Waals surface area contributed by atoms with Gasteiger partial charge in [-0.1, -0.05) is 0 Å². The van der Waals surface area contributed by atoms with Crippen molar-refractivity contribution >= 4 is 16.6 Å². The molecule has 0 atom stereocenters. The van der Waals surface area contributed by atoms with Crippen LogP contribution in [0, 0.1) is 0 Å². The van der Waals surface area contributed by atoms with Crippen LogP contribution in [-0.2, 0) is 0 Å². The number of aromatic nitrogens is 3. The Hall–Kier alpha value is -1.95. The average Bonchev–Trinajstić information content (AvgIpc) is 2.19. The first-order valence-electron chi connectivity index (χ1n) is 3.62. The van der Waals surface area contributed by atoms with Crippen LogP contribution < -0.4 is 16.8 Å². The lowest BCUT2D eigenvalue weighted by Gasteiger charge is -2.01. The third-order valence-electron chi connectivity index (χ3n) is 1.73. The predicted molar refractivity (Wildman–Crippen MR) is 48.0 cm³/mol. The second kappa shape index (κ2) is 2.83. The van der Waals surface area contributed by atoms with Crippen molar-refractivity contribution in [2.45, 2.75) is 0 Å². The molecule has 13 heavy (non-hydrogen) atoms. The Morgan fingerprint density at radius 2 is 2.31 bits per heavy atom. The van der Waals surface area contributed by atoms with Gasteiger partial charge in [0.15, 0.2) is 5.82 Å². The summed E-state index contributed by atoms with van der Waals surface area (Å²) in [5.74, 6) is 5.64. The van der Waals surface area contributed by atoms with Crippen molar-refractivity contribution in [2.24, 2.45) is 5.84 Å². The molecule has 0 unspecified atom stereocenters. The monoisotopic (exact) mass is 177 g/mol. The van der Waals surface area contributed by atoms with E-state index in [1.807, 2.05) is 0 Å². The van der Waals surface area contributed by atoms with Crippen molar-refractivity contribution < 1.29 is 0 Å². The van der Waals surface area contributed by atoms with Gasteiger partial charge < -0.3 is 5.43 Å². The molecule has 0 aliphatic rings. The number of nitrogens with two attached hydrogens (primary N) is 1. The van der Waals surface area contributed by atoms with Crippen LogP contribution in [0.15, 0.2) is 23.3 Å². The SMILES string of the molecule is NNc1n[nH]c(=O)c2cnccc12. The van der Waals surface area contributed by atoms with E-state index in [1.165, 1.54) is 6.20 Å². The van der Waals surface area contributed by atoms with Gasteiger partial charge in [0.05, 0.1) is 5.39 Å². The molecule has 4 N–H and O–H groups in total. The molecule has 0 aliphatic carbocycles. The topological polar surface area (TPSA) is 96.7 Å². The second-order valence-corrected chi connectivity index (χ2v) is 2.47. The molecule has 6 heteroatoms. The number of pyridine rings is 1. The molecule has 2 heterocycles. The maximum absolute atomic E-state index is 11.2. The highest BCUT2D eigenvalue weighted by molar-refractivity contribution is 5.89. The number of nitrogen functional groups attached to an aromatic ring is 1. The van der Waals surface area contributed by atoms with Gasteiger partial charge in [0.2, 0.25) is 0 Å². The van der Waals surface area contributed by atoms with E-state index in [2.05, 4.69) is 20.6 Å². The number of rotatable bonds is 1. The molecule has 2 aromatic rings. The molecule has 66 valence electrons. The normalized spacial score (nSPS) is 10.2.